The molecule has 4 heteroatoms. The number of ether oxygens (including phenoxy) is 1. The zero-order chi connectivity index (χ0) is 12.5. The lowest BCUT2D eigenvalue weighted by Crippen LogP contribution is -2.27. The van der Waals surface area contributed by atoms with Gasteiger partial charge in [-0.2, -0.15) is 0 Å². The van der Waals surface area contributed by atoms with Crippen molar-refractivity contribution in [2.75, 3.05) is 5.32 Å². The molecule has 0 aliphatic heterocycles. The molecule has 1 N–H and O–H groups in total. The molecule has 0 aromatic carbocycles. The van der Waals surface area contributed by atoms with Gasteiger partial charge in [0.2, 0.25) is 0 Å². The number of rotatable bonds is 1. The molecule has 17 heavy (non-hydrogen) atoms. The highest BCUT2D eigenvalue weighted by Gasteiger charge is 2.17. The number of anilines is 1. The normalized spacial score (nSPS) is 14.3. The van der Waals surface area contributed by atoms with Gasteiger partial charge in [0.1, 0.15) is 5.60 Å². The Morgan fingerprint density at radius 1 is 1.41 bits per heavy atom. The van der Waals surface area contributed by atoms with E-state index in [1.807, 2.05) is 26.8 Å². The number of carbonyl (C=O) groups is 1. The van der Waals surface area contributed by atoms with E-state index in [1.165, 1.54) is 5.56 Å². The van der Waals surface area contributed by atoms with Crippen molar-refractivity contribution in [3.8, 4) is 0 Å². The maximum atomic E-state index is 11.6. The van der Waals surface area contributed by atoms with Crippen LogP contribution in [0.25, 0.3) is 0 Å². The number of fused-ring (bicyclic) bond motifs is 1. The Kier molecular flexibility index (Phi) is 3.05. The maximum Gasteiger partial charge on any atom is 0.412 e. The van der Waals surface area contributed by atoms with E-state index < -0.39 is 11.7 Å². The first-order valence-electron chi connectivity index (χ1n) is 5.92. The Hall–Kier alpha value is -1.58. The Bertz CT molecular complexity index is 436. The number of nitrogens with one attached hydrogen (secondary N) is 1. The second-order valence-electron chi connectivity index (χ2n) is 5.31. The van der Waals surface area contributed by atoms with Crippen LogP contribution >= 0.6 is 0 Å². The molecular weight excluding hydrogens is 216 g/mol. The second kappa shape index (κ2) is 4.35. The number of aromatic nitrogens is 1. The number of pyridine rings is 1. The highest BCUT2D eigenvalue weighted by molar-refractivity contribution is 5.84. The van der Waals surface area contributed by atoms with Gasteiger partial charge in [-0.05, 0) is 51.7 Å². The monoisotopic (exact) mass is 234 g/mol. The van der Waals surface area contributed by atoms with Crippen molar-refractivity contribution >= 4 is 11.8 Å². The lowest BCUT2D eigenvalue weighted by Gasteiger charge is -2.19. The summed E-state index contributed by atoms with van der Waals surface area (Å²) in [6.07, 6.45) is 4.50. The Morgan fingerprint density at radius 2 is 2.18 bits per heavy atom. The molecule has 2 rings (SSSR count). The van der Waals surface area contributed by atoms with Crippen LogP contribution < -0.4 is 5.32 Å². The highest BCUT2D eigenvalue weighted by atomic mass is 16.6. The zero-order valence-electron chi connectivity index (χ0n) is 10.5. The van der Waals surface area contributed by atoms with E-state index in [-0.39, 0.29) is 0 Å². The van der Waals surface area contributed by atoms with Gasteiger partial charge < -0.3 is 4.74 Å². The molecule has 0 radical (unpaired) electrons. The number of aryl methyl sites for hydroxylation is 2. The molecule has 0 saturated carbocycles. The van der Waals surface area contributed by atoms with Crippen LogP contribution in [-0.2, 0) is 17.6 Å². The number of nitrogens with zero attached hydrogens (tertiary/aromatic N) is 1. The average Bonchev–Trinajstić information content (AvgIpc) is 2.61. The van der Waals surface area contributed by atoms with Crippen LogP contribution in [0.1, 0.15) is 38.4 Å². The summed E-state index contributed by atoms with van der Waals surface area (Å²) >= 11 is 0. The summed E-state index contributed by atoms with van der Waals surface area (Å²) in [5.41, 5.74) is 2.62. The van der Waals surface area contributed by atoms with Gasteiger partial charge >= 0.3 is 6.09 Å². The van der Waals surface area contributed by atoms with E-state index in [0.717, 1.165) is 25.0 Å². The first kappa shape index (κ1) is 11.9. The topological polar surface area (TPSA) is 51.2 Å². The number of hydrogen-bond donors (Lipinski definition) is 1. The minimum atomic E-state index is -0.478. The molecule has 0 fully saturated rings. The molecule has 1 amide bonds. The standard InChI is InChI=1S/C13H18N2O2/c1-13(2,3)17-12(16)15-10-7-9-5-4-6-11(9)14-8-10/h7-8H,4-6H2,1-3H3,(H,15,16). The molecule has 1 aliphatic rings. The molecule has 4 nitrogen and oxygen atoms in total. The minimum Gasteiger partial charge on any atom is -0.444 e. The number of hydrogen-bond acceptors (Lipinski definition) is 3. The van der Waals surface area contributed by atoms with Gasteiger partial charge in [-0.3, -0.25) is 10.3 Å². The zero-order valence-corrected chi connectivity index (χ0v) is 10.5. The third-order valence-electron chi connectivity index (χ3n) is 2.56. The molecule has 0 bridgehead atoms. The van der Waals surface area contributed by atoms with E-state index in [9.17, 15) is 4.79 Å². The fourth-order valence-electron chi connectivity index (χ4n) is 1.92. The first-order chi connectivity index (χ1) is 7.94. The highest BCUT2D eigenvalue weighted by Crippen LogP contribution is 2.22. The van der Waals surface area contributed by atoms with Crippen molar-refractivity contribution in [3.63, 3.8) is 0 Å². The molecular formula is C13H18N2O2. The third-order valence-corrected chi connectivity index (χ3v) is 2.56. The second-order valence-corrected chi connectivity index (χ2v) is 5.31. The summed E-state index contributed by atoms with van der Waals surface area (Å²) in [5, 5.41) is 2.70. The van der Waals surface area contributed by atoms with E-state index in [2.05, 4.69) is 10.3 Å². The Morgan fingerprint density at radius 3 is 2.88 bits per heavy atom. The predicted molar refractivity (Wildman–Crippen MR) is 66.1 cm³/mol. The summed E-state index contributed by atoms with van der Waals surface area (Å²) in [5.74, 6) is 0. The molecule has 0 atom stereocenters. The smallest absolute Gasteiger partial charge is 0.412 e. The van der Waals surface area contributed by atoms with Crippen LogP contribution in [0.4, 0.5) is 10.5 Å². The maximum absolute atomic E-state index is 11.6. The fraction of sp³-hybridized carbons (Fsp3) is 0.538. The van der Waals surface area contributed by atoms with E-state index in [1.54, 1.807) is 6.20 Å². The summed E-state index contributed by atoms with van der Waals surface area (Å²) < 4.78 is 5.18. The summed E-state index contributed by atoms with van der Waals surface area (Å²) in [6.45, 7) is 5.52. The van der Waals surface area contributed by atoms with Gasteiger partial charge in [0.15, 0.2) is 0 Å². The Balaban J connectivity index is 2.02. The lowest BCUT2D eigenvalue weighted by molar-refractivity contribution is 0.0636. The minimum absolute atomic E-state index is 0.433. The van der Waals surface area contributed by atoms with Crippen LogP contribution in [-0.4, -0.2) is 16.7 Å². The number of carbonyl (C=O) groups excluding carboxylic acids is 1. The van der Waals surface area contributed by atoms with Gasteiger partial charge in [-0.1, -0.05) is 0 Å². The molecule has 1 aromatic heterocycles. The number of amides is 1. The van der Waals surface area contributed by atoms with Gasteiger partial charge in [0, 0.05) is 5.69 Å². The van der Waals surface area contributed by atoms with E-state index in [0.29, 0.717) is 5.69 Å². The SMILES string of the molecule is CC(C)(C)OC(=O)Nc1cnc2c(c1)CCC2. The van der Waals surface area contributed by atoms with Crippen molar-refractivity contribution in [3.05, 3.63) is 23.5 Å². The van der Waals surface area contributed by atoms with Crippen molar-refractivity contribution in [2.45, 2.75) is 45.6 Å². The van der Waals surface area contributed by atoms with Crippen LogP contribution in [0.3, 0.4) is 0 Å². The van der Waals surface area contributed by atoms with E-state index in [4.69, 9.17) is 4.74 Å². The molecule has 1 aromatic rings. The van der Waals surface area contributed by atoms with Crippen LogP contribution in [0, 0.1) is 0 Å². The molecule has 1 heterocycles. The molecule has 92 valence electrons. The van der Waals surface area contributed by atoms with Crippen LogP contribution in [0.5, 0.6) is 0 Å². The van der Waals surface area contributed by atoms with Crippen molar-refractivity contribution < 1.29 is 9.53 Å². The largest absolute Gasteiger partial charge is 0.444 e. The molecule has 0 unspecified atom stereocenters. The van der Waals surface area contributed by atoms with E-state index >= 15 is 0 Å². The molecule has 1 aliphatic carbocycles. The van der Waals surface area contributed by atoms with Crippen molar-refractivity contribution in [1.29, 1.82) is 0 Å². The fourth-order valence-corrected chi connectivity index (χ4v) is 1.92. The van der Waals surface area contributed by atoms with Crippen LogP contribution in [0.2, 0.25) is 0 Å². The van der Waals surface area contributed by atoms with Gasteiger partial charge in [0.25, 0.3) is 0 Å². The third kappa shape index (κ3) is 3.19. The quantitative estimate of drug-likeness (QED) is 0.812. The first-order valence-corrected chi connectivity index (χ1v) is 5.92. The van der Waals surface area contributed by atoms with Gasteiger partial charge in [-0.15, -0.1) is 0 Å². The predicted octanol–water partition coefficient (Wildman–Crippen LogP) is 2.92. The summed E-state index contributed by atoms with van der Waals surface area (Å²) in [6, 6.07) is 1.99. The molecule has 0 saturated heterocycles. The van der Waals surface area contributed by atoms with Crippen molar-refractivity contribution in [1.82, 2.24) is 4.98 Å². The summed E-state index contributed by atoms with van der Waals surface area (Å²) in [7, 11) is 0. The Labute approximate surface area is 101 Å². The van der Waals surface area contributed by atoms with Gasteiger partial charge in [0.05, 0.1) is 11.9 Å². The van der Waals surface area contributed by atoms with Crippen LogP contribution in [0.15, 0.2) is 12.3 Å². The van der Waals surface area contributed by atoms with Gasteiger partial charge in [-0.25, -0.2) is 4.79 Å². The molecule has 0 spiro atoms. The average molecular weight is 234 g/mol. The lowest BCUT2D eigenvalue weighted by atomic mass is 10.2. The summed E-state index contributed by atoms with van der Waals surface area (Å²) in [4.78, 5) is 15.9. The van der Waals surface area contributed by atoms with Crippen molar-refractivity contribution in [2.24, 2.45) is 0 Å².